The fourth-order valence-electron chi connectivity index (χ4n) is 2.45. The average molecular weight is 191 g/mol. The summed E-state index contributed by atoms with van der Waals surface area (Å²) in [4.78, 5) is 0. The van der Waals surface area contributed by atoms with Gasteiger partial charge in [-0.15, -0.1) is 0 Å². The fraction of sp³-hybridized carbons (Fsp3) is 0.600. The van der Waals surface area contributed by atoms with Crippen molar-refractivity contribution in [3.8, 4) is 0 Å². The van der Waals surface area contributed by atoms with E-state index in [0.717, 1.165) is 5.66 Å². The molecule has 14 heavy (non-hydrogen) atoms. The van der Waals surface area contributed by atoms with Gasteiger partial charge in [0.05, 0.1) is 12.4 Å². The van der Waals surface area contributed by atoms with E-state index in [4.69, 9.17) is 9.07 Å². The minimum Gasteiger partial charge on any atom is -0.474 e. The second-order valence-electron chi connectivity index (χ2n) is 4.13. The molecule has 1 aromatic rings. The number of furan rings is 1. The van der Waals surface area contributed by atoms with Crippen molar-refractivity contribution in [2.75, 3.05) is 0 Å². The van der Waals surface area contributed by atoms with Crippen molar-refractivity contribution < 1.29 is 9.07 Å². The molecule has 74 valence electrons. The maximum Gasteiger partial charge on any atom is 0.454 e. The lowest BCUT2D eigenvalue weighted by atomic mass is 9.80. The van der Waals surface area contributed by atoms with Crippen LogP contribution in [0, 0.1) is 0 Å². The van der Waals surface area contributed by atoms with E-state index in [1.54, 1.807) is 6.26 Å². The third-order valence-corrected chi connectivity index (χ3v) is 3.18. The molecule has 0 spiro atoms. The SMILES string of the molecule is c1coc(B2N[C@H]3CCCC[C@H]3O2)c1. The molecule has 2 heterocycles. The van der Waals surface area contributed by atoms with Gasteiger partial charge >= 0.3 is 7.05 Å². The van der Waals surface area contributed by atoms with Crippen LogP contribution in [0.4, 0.5) is 0 Å². The Bertz CT molecular complexity index is 287. The van der Waals surface area contributed by atoms with E-state index in [1.807, 2.05) is 12.1 Å². The molecule has 1 saturated carbocycles. The highest BCUT2D eigenvalue weighted by Crippen LogP contribution is 2.25. The summed E-state index contributed by atoms with van der Waals surface area (Å²) in [5.41, 5.74) is 0.902. The van der Waals surface area contributed by atoms with Crippen LogP contribution in [0.3, 0.4) is 0 Å². The molecule has 1 N–H and O–H groups in total. The molecular formula is C10H14BNO2. The zero-order valence-electron chi connectivity index (χ0n) is 8.11. The molecule has 2 aliphatic rings. The highest BCUT2D eigenvalue weighted by atomic mass is 16.5. The van der Waals surface area contributed by atoms with E-state index in [-0.39, 0.29) is 7.05 Å². The molecule has 2 fully saturated rings. The van der Waals surface area contributed by atoms with Crippen LogP contribution >= 0.6 is 0 Å². The van der Waals surface area contributed by atoms with Crippen LogP contribution in [-0.4, -0.2) is 19.2 Å². The van der Waals surface area contributed by atoms with Crippen molar-refractivity contribution in [1.82, 2.24) is 5.23 Å². The maximum atomic E-state index is 5.90. The van der Waals surface area contributed by atoms with E-state index >= 15 is 0 Å². The Morgan fingerprint density at radius 1 is 1.36 bits per heavy atom. The van der Waals surface area contributed by atoms with Gasteiger partial charge in [-0.05, 0) is 25.0 Å². The largest absolute Gasteiger partial charge is 0.474 e. The quantitative estimate of drug-likeness (QED) is 0.669. The average Bonchev–Trinajstić information content (AvgIpc) is 2.86. The summed E-state index contributed by atoms with van der Waals surface area (Å²) < 4.78 is 11.2. The van der Waals surface area contributed by atoms with Gasteiger partial charge in [-0.25, -0.2) is 0 Å². The van der Waals surface area contributed by atoms with Gasteiger partial charge in [-0.2, -0.15) is 0 Å². The van der Waals surface area contributed by atoms with E-state index in [0.29, 0.717) is 12.1 Å². The van der Waals surface area contributed by atoms with Crippen molar-refractivity contribution in [2.45, 2.75) is 37.8 Å². The third-order valence-electron chi connectivity index (χ3n) is 3.18. The first-order valence-electron chi connectivity index (χ1n) is 5.38. The molecular weight excluding hydrogens is 177 g/mol. The van der Waals surface area contributed by atoms with Gasteiger partial charge in [-0.3, -0.25) is 0 Å². The predicted molar refractivity (Wildman–Crippen MR) is 54.4 cm³/mol. The molecule has 0 radical (unpaired) electrons. The van der Waals surface area contributed by atoms with Crippen LogP contribution in [0.25, 0.3) is 0 Å². The Morgan fingerprint density at radius 2 is 2.29 bits per heavy atom. The van der Waals surface area contributed by atoms with Gasteiger partial charge in [0.15, 0.2) is 0 Å². The van der Waals surface area contributed by atoms with Crippen LogP contribution in [-0.2, 0) is 4.65 Å². The summed E-state index contributed by atoms with van der Waals surface area (Å²) in [6, 6.07) is 4.41. The van der Waals surface area contributed by atoms with E-state index < -0.39 is 0 Å². The minimum absolute atomic E-state index is 0.0156. The highest BCUT2D eigenvalue weighted by molar-refractivity contribution is 6.64. The summed E-state index contributed by atoms with van der Waals surface area (Å²) in [6.45, 7) is 0. The monoisotopic (exact) mass is 191 g/mol. The smallest absolute Gasteiger partial charge is 0.454 e. The first-order valence-corrected chi connectivity index (χ1v) is 5.38. The topological polar surface area (TPSA) is 34.4 Å². The van der Waals surface area contributed by atoms with Crippen LogP contribution in [0.5, 0.6) is 0 Å². The Labute approximate surface area is 83.9 Å². The summed E-state index contributed by atoms with van der Waals surface area (Å²) in [6.07, 6.45) is 7.15. The zero-order chi connectivity index (χ0) is 9.38. The normalized spacial score (nSPS) is 31.9. The predicted octanol–water partition coefficient (Wildman–Crippen LogP) is 0.906. The van der Waals surface area contributed by atoms with Gasteiger partial charge in [-0.1, -0.05) is 12.8 Å². The molecule has 0 aromatic carbocycles. The van der Waals surface area contributed by atoms with Crippen LogP contribution in [0.2, 0.25) is 0 Å². The second-order valence-corrected chi connectivity index (χ2v) is 4.13. The van der Waals surface area contributed by atoms with Gasteiger partial charge in [0, 0.05) is 6.04 Å². The number of fused-ring (bicyclic) bond motifs is 1. The molecule has 1 aliphatic heterocycles. The summed E-state index contributed by atoms with van der Waals surface area (Å²) in [5.74, 6) is 0. The van der Waals surface area contributed by atoms with Crippen LogP contribution in [0.1, 0.15) is 25.7 Å². The number of nitrogens with one attached hydrogen (secondary N) is 1. The van der Waals surface area contributed by atoms with E-state index in [1.165, 1.54) is 25.7 Å². The van der Waals surface area contributed by atoms with Gasteiger partial charge in [0.2, 0.25) is 0 Å². The molecule has 1 aromatic heterocycles. The first kappa shape index (κ1) is 8.56. The summed E-state index contributed by atoms with van der Waals surface area (Å²) in [5, 5.41) is 3.48. The van der Waals surface area contributed by atoms with Crippen molar-refractivity contribution in [2.24, 2.45) is 0 Å². The molecule has 3 rings (SSSR count). The van der Waals surface area contributed by atoms with E-state index in [2.05, 4.69) is 5.23 Å². The first-order chi connectivity index (χ1) is 6.93. The third kappa shape index (κ3) is 1.39. The fourth-order valence-corrected chi connectivity index (χ4v) is 2.45. The molecule has 1 saturated heterocycles. The molecule has 4 heteroatoms. The lowest BCUT2D eigenvalue weighted by Gasteiger charge is -2.23. The van der Waals surface area contributed by atoms with E-state index in [9.17, 15) is 0 Å². The van der Waals surface area contributed by atoms with Crippen molar-refractivity contribution in [3.63, 3.8) is 0 Å². The summed E-state index contributed by atoms with van der Waals surface area (Å²) >= 11 is 0. The number of rotatable bonds is 1. The molecule has 3 nitrogen and oxygen atoms in total. The summed E-state index contributed by atoms with van der Waals surface area (Å²) in [7, 11) is -0.0156. The number of hydrogen-bond donors (Lipinski definition) is 1. The minimum atomic E-state index is -0.0156. The van der Waals surface area contributed by atoms with Crippen LogP contribution in [0.15, 0.2) is 22.8 Å². The van der Waals surface area contributed by atoms with Crippen molar-refractivity contribution in [3.05, 3.63) is 18.4 Å². The van der Waals surface area contributed by atoms with Crippen molar-refractivity contribution in [1.29, 1.82) is 0 Å². The Balaban J connectivity index is 1.74. The Hall–Kier alpha value is -0.735. The second kappa shape index (κ2) is 3.44. The Kier molecular flexibility index (Phi) is 2.11. The molecule has 0 bridgehead atoms. The van der Waals surface area contributed by atoms with Crippen molar-refractivity contribution >= 4 is 12.7 Å². The molecule has 1 aliphatic carbocycles. The molecule has 0 amide bonds. The number of hydrogen-bond acceptors (Lipinski definition) is 3. The van der Waals surface area contributed by atoms with Gasteiger partial charge < -0.3 is 14.3 Å². The zero-order valence-corrected chi connectivity index (χ0v) is 8.11. The highest BCUT2D eigenvalue weighted by Gasteiger charge is 2.41. The standard InChI is InChI=1S/C10H14BNO2/c1-2-5-9-8(4-1)12-11(14-9)10-6-3-7-13-10/h3,6-9,12H,1-2,4-5H2/t8-,9+/m0/s1. The molecule has 2 atom stereocenters. The maximum absolute atomic E-state index is 5.90. The van der Waals surface area contributed by atoms with Gasteiger partial charge in [0.25, 0.3) is 0 Å². The lowest BCUT2D eigenvalue weighted by molar-refractivity contribution is 0.168. The molecule has 0 unspecified atom stereocenters. The van der Waals surface area contributed by atoms with Crippen LogP contribution < -0.4 is 10.9 Å². The Morgan fingerprint density at radius 3 is 3.07 bits per heavy atom. The van der Waals surface area contributed by atoms with Gasteiger partial charge in [0.1, 0.15) is 5.66 Å². The lowest BCUT2D eigenvalue weighted by Crippen LogP contribution is -2.43.